The topological polar surface area (TPSA) is 47.4 Å². The Labute approximate surface area is 128 Å². The van der Waals surface area contributed by atoms with Crippen molar-refractivity contribution >= 4 is 22.0 Å². The number of carbonyl (C=O) groups excluding carboxylic acids is 1. The van der Waals surface area contributed by atoms with Crippen molar-refractivity contribution in [2.24, 2.45) is 0 Å². The average Bonchev–Trinajstić information content (AvgIpc) is 2.62. The SMILES string of the molecule is CC(C)(C)OC(=O)N1CCC[C@H](n2cc(Br)cn2)CC1. The van der Waals surface area contributed by atoms with E-state index in [2.05, 4.69) is 21.0 Å². The maximum atomic E-state index is 12.1. The molecule has 6 heteroatoms. The number of likely N-dealkylation sites (tertiary alicyclic amines) is 1. The van der Waals surface area contributed by atoms with Gasteiger partial charge in [0, 0.05) is 19.3 Å². The van der Waals surface area contributed by atoms with Crippen LogP contribution in [0.1, 0.15) is 46.1 Å². The van der Waals surface area contributed by atoms with E-state index in [1.807, 2.05) is 36.5 Å². The molecule has 2 heterocycles. The third-order valence-electron chi connectivity index (χ3n) is 3.29. The molecule has 1 amide bonds. The summed E-state index contributed by atoms with van der Waals surface area (Å²) in [5, 5.41) is 4.35. The van der Waals surface area contributed by atoms with Crippen molar-refractivity contribution in [1.29, 1.82) is 0 Å². The lowest BCUT2D eigenvalue weighted by molar-refractivity contribution is 0.0255. The first-order valence-corrected chi connectivity index (χ1v) is 7.82. The molecular formula is C14H22BrN3O2. The summed E-state index contributed by atoms with van der Waals surface area (Å²) in [6, 6.07) is 0.355. The monoisotopic (exact) mass is 343 g/mol. The van der Waals surface area contributed by atoms with Crippen molar-refractivity contribution in [2.75, 3.05) is 13.1 Å². The Morgan fingerprint density at radius 3 is 2.75 bits per heavy atom. The van der Waals surface area contributed by atoms with Gasteiger partial charge in [-0.3, -0.25) is 4.68 Å². The summed E-state index contributed by atoms with van der Waals surface area (Å²) < 4.78 is 8.42. The van der Waals surface area contributed by atoms with E-state index in [1.54, 1.807) is 6.20 Å². The fourth-order valence-electron chi connectivity index (χ4n) is 2.37. The molecule has 112 valence electrons. The normalized spacial score (nSPS) is 20.6. The number of amides is 1. The molecule has 1 aliphatic heterocycles. The van der Waals surface area contributed by atoms with Gasteiger partial charge in [-0.05, 0) is 56.0 Å². The van der Waals surface area contributed by atoms with Gasteiger partial charge in [0.2, 0.25) is 0 Å². The van der Waals surface area contributed by atoms with Crippen LogP contribution in [0.3, 0.4) is 0 Å². The molecule has 0 unspecified atom stereocenters. The van der Waals surface area contributed by atoms with Crippen LogP contribution in [0.5, 0.6) is 0 Å². The smallest absolute Gasteiger partial charge is 0.410 e. The minimum absolute atomic E-state index is 0.209. The zero-order valence-electron chi connectivity index (χ0n) is 12.3. The third-order valence-corrected chi connectivity index (χ3v) is 3.70. The fourth-order valence-corrected chi connectivity index (χ4v) is 2.67. The summed E-state index contributed by atoms with van der Waals surface area (Å²) in [4.78, 5) is 13.9. The quantitative estimate of drug-likeness (QED) is 0.782. The van der Waals surface area contributed by atoms with E-state index < -0.39 is 5.60 Å². The molecule has 20 heavy (non-hydrogen) atoms. The van der Waals surface area contributed by atoms with Gasteiger partial charge >= 0.3 is 6.09 Å². The van der Waals surface area contributed by atoms with Crippen LogP contribution in [0.2, 0.25) is 0 Å². The van der Waals surface area contributed by atoms with Crippen molar-refractivity contribution < 1.29 is 9.53 Å². The van der Waals surface area contributed by atoms with Gasteiger partial charge < -0.3 is 9.64 Å². The number of aromatic nitrogens is 2. The molecule has 0 aliphatic carbocycles. The summed E-state index contributed by atoms with van der Waals surface area (Å²) in [6.45, 7) is 7.16. The summed E-state index contributed by atoms with van der Waals surface area (Å²) in [5.41, 5.74) is -0.435. The minimum Gasteiger partial charge on any atom is -0.444 e. The summed E-state index contributed by atoms with van der Waals surface area (Å²) in [6.07, 6.45) is 6.51. The number of carbonyl (C=O) groups is 1. The van der Waals surface area contributed by atoms with Crippen LogP contribution < -0.4 is 0 Å². The zero-order valence-corrected chi connectivity index (χ0v) is 13.9. The predicted octanol–water partition coefficient (Wildman–Crippen LogP) is 3.61. The van der Waals surface area contributed by atoms with E-state index in [4.69, 9.17) is 4.74 Å². The lowest BCUT2D eigenvalue weighted by atomic mass is 10.1. The second-order valence-corrected chi connectivity index (χ2v) is 7.11. The number of hydrogen-bond acceptors (Lipinski definition) is 3. The van der Waals surface area contributed by atoms with Crippen molar-refractivity contribution in [2.45, 2.75) is 51.7 Å². The van der Waals surface area contributed by atoms with Gasteiger partial charge in [0.05, 0.1) is 16.7 Å². The van der Waals surface area contributed by atoms with E-state index in [9.17, 15) is 4.79 Å². The standard InChI is InChI=1S/C14H22BrN3O2/c1-14(2,3)20-13(19)17-7-4-5-12(6-8-17)18-10-11(15)9-16-18/h9-10,12H,4-8H2,1-3H3/t12-/m0/s1. The van der Waals surface area contributed by atoms with Gasteiger partial charge in [-0.15, -0.1) is 0 Å². The van der Waals surface area contributed by atoms with Crippen LogP contribution in [-0.2, 0) is 4.74 Å². The largest absolute Gasteiger partial charge is 0.444 e. The number of halogens is 1. The van der Waals surface area contributed by atoms with E-state index in [0.29, 0.717) is 6.04 Å². The molecule has 1 aromatic heterocycles. The Morgan fingerprint density at radius 1 is 1.40 bits per heavy atom. The molecule has 1 aromatic rings. The molecule has 1 fully saturated rings. The molecule has 2 rings (SSSR count). The molecular weight excluding hydrogens is 322 g/mol. The molecule has 1 aliphatic rings. The number of rotatable bonds is 1. The minimum atomic E-state index is -0.435. The Kier molecular flexibility index (Phi) is 4.73. The molecule has 0 N–H and O–H groups in total. The van der Waals surface area contributed by atoms with Crippen molar-refractivity contribution in [3.63, 3.8) is 0 Å². The van der Waals surface area contributed by atoms with Gasteiger partial charge in [-0.1, -0.05) is 0 Å². The lowest BCUT2D eigenvalue weighted by Gasteiger charge is -2.26. The van der Waals surface area contributed by atoms with Crippen molar-refractivity contribution in [1.82, 2.24) is 14.7 Å². The molecule has 0 bridgehead atoms. The highest BCUT2D eigenvalue weighted by atomic mass is 79.9. The van der Waals surface area contributed by atoms with Crippen LogP contribution in [-0.4, -0.2) is 39.5 Å². The molecule has 1 saturated heterocycles. The lowest BCUT2D eigenvalue weighted by Crippen LogP contribution is -2.37. The number of hydrogen-bond donors (Lipinski definition) is 0. The first kappa shape index (κ1) is 15.4. The molecule has 0 radical (unpaired) electrons. The van der Waals surface area contributed by atoms with Gasteiger partial charge in [0.1, 0.15) is 5.60 Å². The summed E-state index contributed by atoms with van der Waals surface area (Å²) >= 11 is 3.42. The van der Waals surface area contributed by atoms with Gasteiger partial charge in [0.15, 0.2) is 0 Å². The Morgan fingerprint density at radius 2 is 2.15 bits per heavy atom. The number of nitrogens with zero attached hydrogens (tertiary/aromatic N) is 3. The zero-order chi connectivity index (χ0) is 14.8. The van der Waals surface area contributed by atoms with E-state index in [0.717, 1.165) is 36.8 Å². The highest BCUT2D eigenvalue weighted by molar-refractivity contribution is 9.10. The average molecular weight is 344 g/mol. The second kappa shape index (κ2) is 6.16. The van der Waals surface area contributed by atoms with Gasteiger partial charge in [-0.2, -0.15) is 5.10 Å². The van der Waals surface area contributed by atoms with Crippen LogP contribution >= 0.6 is 15.9 Å². The molecule has 0 saturated carbocycles. The van der Waals surface area contributed by atoms with Crippen LogP contribution in [0.25, 0.3) is 0 Å². The fraction of sp³-hybridized carbons (Fsp3) is 0.714. The first-order chi connectivity index (χ1) is 9.35. The third kappa shape index (κ3) is 4.23. The first-order valence-electron chi connectivity index (χ1n) is 7.03. The maximum absolute atomic E-state index is 12.1. The highest BCUT2D eigenvalue weighted by Gasteiger charge is 2.25. The highest BCUT2D eigenvalue weighted by Crippen LogP contribution is 2.24. The van der Waals surface area contributed by atoms with Gasteiger partial charge in [-0.25, -0.2) is 4.79 Å². The Bertz CT molecular complexity index is 467. The molecule has 5 nitrogen and oxygen atoms in total. The second-order valence-electron chi connectivity index (χ2n) is 6.19. The van der Waals surface area contributed by atoms with Gasteiger partial charge in [0.25, 0.3) is 0 Å². The molecule has 0 aromatic carbocycles. The van der Waals surface area contributed by atoms with Crippen LogP contribution in [0, 0.1) is 0 Å². The Balaban J connectivity index is 1.94. The molecule has 0 spiro atoms. The molecule has 1 atom stereocenters. The van der Waals surface area contributed by atoms with Crippen LogP contribution in [0.4, 0.5) is 4.79 Å². The summed E-state index contributed by atoms with van der Waals surface area (Å²) in [5.74, 6) is 0. The van der Waals surface area contributed by atoms with Crippen molar-refractivity contribution in [3.8, 4) is 0 Å². The van der Waals surface area contributed by atoms with Crippen molar-refractivity contribution in [3.05, 3.63) is 16.9 Å². The van der Waals surface area contributed by atoms with E-state index in [-0.39, 0.29) is 6.09 Å². The predicted molar refractivity (Wildman–Crippen MR) is 80.6 cm³/mol. The number of ether oxygens (including phenoxy) is 1. The Hall–Kier alpha value is -1.04. The van der Waals surface area contributed by atoms with Crippen LogP contribution in [0.15, 0.2) is 16.9 Å². The van der Waals surface area contributed by atoms with E-state index >= 15 is 0 Å². The van der Waals surface area contributed by atoms with E-state index in [1.165, 1.54) is 0 Å². The maximum Gasteiger partial charge on any atom is 0.410 e. The summed E-state index contributed by atoms with van der Waals surface area (Å²) in [7, 11) is 0.